The van der Waals surface area contributed by atoms with Crippen molar-refractivity contribution in [3.05, 3.63) is 59.4 Å². The smallest absolute Gasteiger partial charge is 0.286 e. The van der Waals surface area contributed by atoms with Crippen molar-refractivity contribution in [2.45, 2.75) is 0 Å². The van der Waals surface area contributed by atoms with Crippen LogP contribution in [0.3, 0.4) is 0 Å². The van der Waals surface area contributed by atoms with E-state index in [1.807, 2.05) is 10.9 Å². The molecule has 7 heteroatoms. The van der Waals surface area contributed by atoms with E-state index in [4.69, 9.17) is 0 Å². The van der Waals surface area contributed by atoms with Crippen LogP contribution in [-0.4, -0.2) is 16.8 Å². The van der Waals surface area contributed by atoms with Crippen LogP contribution in [0.15, 0.2) is 36.5 Å². The molecule has 1 aromatic heterocycles. The van der Waals surface area contributed by atoms with Gasteiger partial charge < -0.3 is 4.98 Å². The number of hydrogen-bond donors (Lipinski definition) is 3. The van der Waals surface area contributed by atoms with Gasteiger partial charge in [-0.15, -0.1) is 0 Å². The van der Waals surface area contributed by atoms with Crippen LogP contribution >= 0.6 is 0 Å². The lowest BCUT2D eigenvalue weighted by molar-refractivity contribution is 0.0839. The number of amides is 2. The first-order valence-electron chi connectivity index (χ1n) is 5.27. The lowest BCUT2D eigenvalue weighted by Crippen LogP contribution is -2.42. The first kappa shape index (κ1) is 12.7. The fourth-order valence-electron chi connectivity index (χ4n) is 1.43. The predicted molar refractivity (Wildman–Crippen MR) is 62.1 cm³/mol. The molecule has 0 saturated heterocycles. The van der Waals surface area contributed by atoms with Gasteiger partial charge in [0.2, 0.25) is 0 Å². The van der Waals surface area contributed by atoms with Crippen molar-refractivity contribution in [3.63, 3.8) is 0 Å². The van der Waals surface area contributed by atoms with E-state index in [-0.39, 0.29) is 5.69 Å². The van der Waals surface area contributed by atoms with E-state index < -0.39 is 29.0 Å². The molecule has 0 aliphatic rings. The Bertz CT molecular complexity index is 591. The normalized spacial score (nSPS) is 10.0. The molecule has 0 saturated carbocycles. The quantitative estimate of drug-likeness (QED) is 0.717. The van der Waals surface area contributed by atoms with Crippen molar-refractivity contribution in [2.24, 2.45) is 0 Å². The molecule has 0 bridgehead atoms. The van der Waals surface area contributed by atoms with Gasteiger partial charge in [-0.1, -0.05) is 6.07 Å². The van der Waals surface area contributed by atoms with Crippen molar-refractivity contribution in [2.75, 3.05) is 0 Å². The number of carbonyl (C=O) groups is 2. The van der Waals surface area contributed by atoms with Crippen LogP contribution < -0.4 is 10.9 Å². The van der Waals surface area contributed by atoms with Crippen molar-refractivity contribution in [1.82, 2.24) is 15.8 Å². The van der Waals surface area contributed by atoms with E-state index >= 15 is 0 Å². The minimum atomic E-state index is -1.07. The fraction of sp³-hybridized carbons (Fsp3) is 0. The van der Waals surface area contributed by atoms with Gasteiger partial charge in [-0.3, -0.25) is 20.4 Å². The number of nitrogens with one attached hydrogen (secondary N) is 3. The van der Waals surface area contributed by atoms with Gasteiger partial charge in [0.25, 0.3) is 11.8 Å². The van der Waals surface area contributed by atoms with Crippen LogP contribution in [0.25, 0.3) is 0 Å². The summed E-state index contributed by atoms with van der Waals surface area (Å²) in [5.74, 6) is -3.72. The Morgan fingerprint density at radius 1 is 0.947 bits per heavy atom. The lowest BCUT2D eigenvalue weighted by Gasteiger charge is -2.07. The minimum absolute atomic E-state index is 0.203. The van der Waals surface area contributed by atoms with E-state index in [1.54, 1.807) is 6.07 Å². The van der Waals surface area contributed by atoms with Gasteiger partial charge >= 0.3 is 0 Å². The Morgan fingerprint density at radius 2 is 1.58 bits per heavy atom. The van der Waals surface area contributed by atoms with E-state index in [1.165, 1.54) is 12.3 Å². The molecule has 98 valence electrons. The van der Waals surface area contributed by atoms with Crippen molar-refractivity contribution < 1.29 is 18.4 Å². The number of hydrazine groups is 1. The second kappa shape index (κ2) is 5.30. The molecule has 0 fully saturated rings. The summed E-state index contributed by atoms with van der Waals surface area (Å²) in [6.07, 6.45) is 1.52. The molecule has 0 aliphatic heterocycles. The molecule has 3 N–H and O–H groups in total. The van der Waals surface area contributed by atoms with Gasteiger partial charge in [0.1, 0.15) is 22.9 Å². The molecule has 2 aromatic rings. The van der Waals surface area contributed by atoms with Crippen LogP contribution in [0.5, 0.6) is 0 Å². The summed E-state index contributed by atoms with van der Waals surface area (Å²) >= 11 is 0. The molecule has 0 unspecified atom stereocenters. The maximum Gasteiger partial charge on any atom is 0.286 e. The zero-order chi connectivity index (χ0) is 13.8. The molecule has 0 aliphatic carbocycles. The molecule has 1 aromatic carbocycles. The van der Waals surface area contributed by atoms with E-state index in [0.29, 0.717) is 0 Å². The molecule has 1 heterocycles. The summed E-state index contributed by atoms with van der Waals surface area (Å²) in [4.78, 5) is 25.6. The van der Waals surface area contributed by atoms with Crippen molar-refractivity contribution in [3.8, 4) is 0 Å². The standard InChI is InChI=1S/C12H9F2N3O2/c13-7-3-1-4-8(14)10(7)12(19)17-16-11(18)9-5-2-6-15-9/h1-6,15H,(H,16,18)(H,17,19). The van der Waals surface area contributed by atoms with Crippen LogP contribution in [0.2, 0.25) is 0 Å². The van der Waals surface area contributed by atoms with Crippen LogP contribution in [-0.2, 0) is 0 Å². The highest BCUT2D eigenvalue weighted by Gasteiger charge is 2.17. The average Bonchev–Trinajstić information content (AvgIpc) is 2.89. The summed E-state index contributed by atoms with van der Waals surface area (Å²) in [6.45, 7) is 0. The van der Waals surface area contributed by atoms with Gasteiger partial charge in [-0.25, -0.2) is 8.78 Å². The molecule has 0 radical (unpaired) electrons. The third-order valence-electron chi connectivity index (χ3n) is 2.32. The summed E-state index contributed by atoms with van der Waals surface area (Å²) in [7, 11) is 0. The van der Waals surface area contributed by atoms with E-state index in [2.05, 4.69) is 4.98 Å². The number of H-pyrrole nitrogens is 1. The SMILES string of the molecule is O=C(NNC(=O)c1c(F)cccc1F)c1ccc[nH]1. The van der Waals surface area contributed by atoms with Gasteiger partial charge in [0.15, 0.2) is 0 Å². The van der Waals surface area contributed by atoms with Gasteiger partial charge in [-0.05, 0) is 24.3 Å². The molecule has 0 atom stereocenters. The number of carbonyl (C=O) groups excluding carboxylic acids is 2. The molecule has 5 nitrogen and oxygen atoms in total. The number of aromatic amines is 1. The Balaban J connectivity index is 2.04. The van der Waals surface area contributed by atoms with E-state index in [0.717, 1.165) is 18.2 Å². The molecular formula is C12H9F2N3O2. The number of halogens is 2. The second-order valence-electron chi connectivity index (χ2n) is 3.59. The first-order valence-corrected chi connectivity index (χ1v) is 5.27. The molecule has 2 amide bonds. The van der Waals surface area contributed by atoms with Gasteiger partial charge in [-0.2, -0.15) is 0 Å². The number of aromatic nitrogens is 1. The van der Waals surface area contributed by atoms with Crippen molar-refractivity contribution in [1.29, 1.82) is 0 Å². The first-order chi connectivity index (χ1) is 9.09. The topological polar surface area (TPSA) is 74.0 Å². The van der Waals surface area contributed by atoms with Crippen LogP contribution in [0, 0.1) is 11.6 Å². The highest BCUT2D eigenvalue weighted by Crippen LogP contribution is 2.11. The summed E-state index contributed by atoms with van der Waals surface area (Å²) < 4.78 is 26.6. The second-order valence-corrected chi connectivity index (χ2v) is 3.59. The number of benzene rings is 1. The molecule has 19 heavy (non-hydrogen) atoms. The zero-order valence-electron chi connectivity index (χ0n) is 9.54. The Morgan fingerprint density at radius 3 is 2.16 bits per heavy atom. The highest BCUT2D eigenvalue weighted by atomic mass is 19.1. The maximum absolute atomic E-state index is 13.3. The minimum Gasteiger partial charge on any atom is -0.357 e. The summed E-state index contributed by atoms with van der Waals surface area (Å²) in [5, 5.41) is 0. The monoisotopic (exact) mass is 265 g/mol. The average molecular weight is 265 g/mol. The van der Waals surface area contributed by atoms with Crippen LogP contribution in [0.1, 0.15) is 20.8 Å². The highest BCUT2D eigenvalue weighted by molar-refractivity contribution is 5.98. The largest absolute Gasteiger partial charge is 0.357 e. The van der Waals surface area contributed by atoms with Crippen LogP contribution in [0.4, 0.5) is 8.78 Å². The summed E-state index contributed by atoms with van der Waals surface area (Å²) in [5.41, 5.74) is 3.41. The van der Waals surface area contributed by atoms with Crippen molar-refractivity contribution >= 4 is 11.8 Å². The lowest BCUT2D eigenvalue weighted by atomic mass is 10.2. The third-order valence-corrected chi connectivity index (χ3v) is 2.32. The van der Waals surface area contributed by atoms with Gasteiger partial charge in [0, 0.05) is 6.20 Å². The van der Waals surface area contributed by atoms with Gasteiger partial charge in [0.05, 0.1) is 0 Å². The fourth-order valence-corrected chi connectivity index (χ4v) is 1.43. The zero-order valence-corrected chi connectivity index (χ0v) is 9.54. The molecular weight excluding hydrogens is 256 g/mol. The maximum atomic E-state index is 13.3. The third kappa shape index (κ3) is 2.76. The predicted octanol–water partition coefficient (Wildman–Crippen LogP) is 1.37. The number of hydrogen-bond acceptors (Lipinski definition) is 2. The number of rotatable bonds is 2. The molecule has 2 rings (SSSR count). The molecule has 0 spiro atoms. The van der Waals surface area contributed by atoms with E-state index in [9.17, 15) is 18.4 Å². The Kier molecular flexibility index (Phi) is 3.56. The Hall–Kier alpha value is -2.70. The Labute approximate surface area is 106 Å². The summed E-state index contributed by atoms with van der Waals surface area (Å²) in [6, 6.07) is 6.10.